The van der Waals surface area contributed by atoms with Crippen molar-refractivity contribution in [1.29, 1.82) is 0 Å². The minimum atomic E-state index is -0.438. The van der Waals surface area contributed by atoms with Crippen molar-refractivity contribution in [2.75, 3.05) is 7.11 Å². The summed E-state index contributed by atoms with van der Waals surface area (Å²) in [6, 6.07) is 25.7. The zero-order valence-corrected chi connectivity index (χ0v) is 22.8. The molecule has 3 heterocycles. The summed E-state index contributed by atoms with van der Waals surface area (Å²) in [5.74, 6) is 1.83. The maximum Gasteiger partial charge on any atom is 0.271 e. The number of hydrogen-bond donors (Lipinski definition) is 0. The Kier molecular flexibility index (Phi) is 6.01. The van der Waals surface area contributed by atoms with Crippen molar-refractivity contribution in [1.82, 2.24) is 4.57 Å². The largest absolute Gasteiger partial charge is 0.497 e. The predicted molar refractivity (Wildman–Crippen MR) is 157 cm³/mol. The number of aryl methyl sites for hydroxylation is 1. The number of allylic oxidation sites excluding steroid dienone is 1. The molecule has 1 aliphatic heterocycles. The van der Waals surface area contributed by atoms with Crippen LogP contribution in [0.15, 0.2) is 105 Å². The van der Waals surface area contributed by atoms with Crippen LogP contribution < -0.4 is 19.6 Å². The van der Waals surface area contributed by atoms with Gasteiger partial charge >= 0.3 is 0 Å². The molecule has 0 N–H and O–H groups in total. The second kappa shape index (κ2) is 9.87. The smallest absolute Gasteiger partial charge is 0.271 e. The number of nitrogens with zero attached hydrogens (tertiary/aromatic N) is 3. The van der Waals surface area contributed by atoms with E-state index in [-0.39, 0.29) is 17.3 Å². The normalized spacial score (nSPS) is 16.0. The molecule has 0 fully saturated rings. The van der Waals surface area contributed by atoms with E-state index >= 15 is 0 Å². The van der Waals surface area contributed by atoms with Crippen molar-refractivity contribution in [2.24, 2.45) is 4.99 Å². The van der Waals surface area contributed by atoms with Crippen LogP contribution in [0.5, 0.6) is 5.75 Å². The van der Waals surface area contributed by atoms with Gasteiger partial charge in [-0.1, -0.05) is 47.7 Å². The zero-order chi connectivity index (χ0) is 28.1. The van der Waals surface area contributed by atoms with Gasteiger partial charge < -0.3 is 9.15 Å². The Hall–Kier alpha value is -5.02. The average Bonchev–Trinajstić information content (AvgIpc) is 3.60. The number of fused-ring (bicyclic) bond motifs is 3. The Morgan fingerprint density at radius 1 is 1.02 bits per heavy atom. The van der Waals surface area contributed by atoms with Crippen LogP contribution in [0, 0.1) is 10.1 Å². The molecule has 0 saturated heterocycles. The molecule has 7 rings (SSSR count). The second-order valence-electron chi connectivity index (χ2n) is 9.89. The SMILES string of the molecule is COc1ccc([C@@H]2C3=C(N=c4s/c(=C\c5ccc(-c6ccc([N+](=O)[O-])cc6)o5)c(=O)n42)c2ccccc2CC3)cc1. The van der Waals surface area contributed by atoms with Crippen LogP contribution in [0.3, 0.4) is 0 Å². The van der Waals surface area contributed by atoms with Crippen molar-refractivity contribution in [2.45, 2.75) is 18.9 Å². The standard InChI is InChI=1S/C32H23N3O5S/c1-39-23-13-8-21(9-14-23)30-26-16-10-19-4-2-3-5-25(19)29(26)33-32-34(30)31(36)28(41-32)18-24-15-17-27(40-24)20-6-11-22(12-7-20)35(37)38/h2-9,11-15,17-18,30H,10,16H2,1H3/b28-18-/t30-/m1/s1. The predicted octanol–water partition coefficient (Wildman–Crippen LogP) is 5.50. The van der Waals surface area contributed by atoms with Crippen molar-refractivity contribution < 1.29 is 14.1 Å². The van der Waals surface area contributed by atoms with Gasteiger partial charge in [0.25, 0.3) is 11.2 Å². The van der Waals surface area contributed by atoms with Gasteiger partial charge in [-0.05, 0) is 65.9 Å². The molecule has 3 aromatic carbocycles. The van der Waals surface area contributed by atoms with E-state index < -0.39 is 4.92 Å². The number of non-ortho nitro benzene ring substituents is 1. The maximum absolute atomic E-state index is 14.0. The van der Waals surface area contributed by atoms with Gasteiger partial charge in [0.1, 0.15) is 17.3 Å². The number of thiazole rings is 1. The van der Waals surface area contributed by atoms with E-state index in [0.29, 0.717) is 26.4 Å². The summed E-state index contributed by atoms with van der Waals surface area (Å²) >= 11 is 1.34. The van der Waals surface area contributed by atoms with Crippen LogP contribution in [-0.2, 0) is 6.42 Å². The van der Waals surface area contributed by atoms with Crippen molar-refractivity contribution >= 4 is 28.8 Å². The molecule has 2 aromatic heterocycles. The molecule has 0 radical (unpaired) electrons. The molecule has 0 amide bonds. The van der Waals surface area contributed by atoms with Crippen LogP contribution in [-0.4, -0.2) is 16.6 Å². The summed E-state index contributed by atoms with van der Waals surface area (Å²) in [5, 5.41) is 11.0. The molecule has 41 heavy (non-hydrogen) atoms. The van der Waals surface area contributed by atoms with Crippen LogP contribution in [0.25, 0.3) is 23.1 Å². The van der Waals surface area contributed by atoms with Crippen LogP contribution in [0.1, 0.15) is 34.9 Å². The first-order valence-electron chi connectivity index (χ1n) is 13.1. The highest BCUT2D eigenvalue weighted by Gasteiger charge is 2.32. The quantitative estimate of drug-likeness (QED) is 0.209. The number of benzene rings is 3. The first-order chi connectivity index (χ1) is 20.0. The third kappa shape index (κ3) is 4.31. The third-order valence-electron chi connectivity index (χ3n) is 7.57. The fourth-order valence-electron chi connectivity index (χ4n) is 5.57. The van der Waals surface area contributed by atoms with E-state index in [4.69, 9.17) is 14.1 Å². The monoisotopic (exact) mass is 561 g/mol. The molecule has 1 aliphatic carbocycles. The first kappa shape index (κ1) is 25.0. The maximum atomic E-state index is 14.0. The fraction of sp³-hybridized carbons (Fsp3) is 0.125. The minimum absolute atomic E-state index is 0.0124. The Bertz CT molecular complexity index is 2030. The Morgan fingerprint density at radius 2 is 1.80 bits per heavy atom. The summed E-state index contributed by atoms with van der Waals surface area (Å²) in [6.45, 7) is 0. The van der Waals surface area contributed by atoms with Gasteiger partial charge in [0.2, 0.25) is 0 Å². The summed E-state index contributed by atoms with van der Waals surface area (Å²) in [4.78, 5) is 30.2. The topological polar surface area (TPSA) is 99.9 Å². The highest BCUT2D eigenvalue weighted by atomic mass is 32.1. The molecule has 5 aromatic rings. The Balaban J connectivity index is 1.35. The first-order valence-corrected chi connectivity index (χ1v) is 13.9. The zero-order valence-electron chi connectivity index (χ0n) is 21.9. The van der Waals surface area contributed by atoms with E-state index in [2.05, 4.69) is 18.2 Å². The highest BCUT2D eigenvalue weighted by molar-refractivity contribution is 7.07. The van der Waals surface area contributed by atoms with Crippen LogP contribution >= 0.6 is 11.3 Å². The van der Waals surface area contributed by atoms with Crippen molar-refractivity contribution in [3.63, 3.8) is 0 Å². The number of ether oxygens (including phenoxy) is 1. The minimum Gasteiger partial charge on any atom is -0.497 e. The molecule has 202 valence electrons. The molecule has 0 saturated carbocycles. The Morgan fingerprint density at radius 3 is 2.56 bits per heavy atom. The number of nitro benzene ring substituents is 1. The number of furan rings is 1. The number of methoxy groups -OCH3 is 1. The van der Waals surface area contributed by atoms with Gasteiger partial charge in [0.05, 0.1) is 28.3 Å². The lowest BCUT2D eigenvalue weighted by Crippen LogP contribution is -2.38. The molecule has 0 unspecified atom stereocenters. The average molecular weight is 562 g/mol. The lowest BCUT2D eigenvalue weighted by molar-refractivity contribution is -0.384. The van der Waals surface area contributed by atoms with Gasteiger partial charge in [0.15, 0.2) is 4.80 Å². The second-order valence-corrected chi connectivity index (χ2v) is 10.9. The number of aromatic nitrogens is 1. The van der Waals surface area contributed by atoms with Crippen molar-refractivity contribution in [3.8, 4) is 17.1 Å². The van der Waals surface area contributed by atoms with Crippen LogP contribution in [0.2, 0.25) is 0 Å². The van der Waals surface area contributed by atoms with Gasteiger partial charge in [-0.2, -0.15) is 0 Å². The van der Waals surface area contributed by atoms with E-state index in [1.165, 1.54) is 29.0 Å². The van der Waals surface area contributed by atoms with Gasteiger partial charge in [0, 0.05) is 29.3 Å². The van der Waals surface area contributed by atoms with E-state index in [0.717, 1.165) is 41.0 Å². The summed E-state index contributed by atoms with van der Waals surface area (Å²) in [7, 11) is 1.64. The summed E-state index contributed by atoms with van der Waals surface area (Å²) in [5.41, 5.74) is 6.04. The molecule has 1 atom stereocenters. The van der Waals surface area contributed by atoms with Gasteiger partial charge in [-0.3, -0.25) is 19.5 Å². The molecule has 8 nitrogen and oxygen atoms in total. The molecular weight excluding hydrogens is 538 g/mol. The fourth-order valence-corrected chi connectivity index (χ4v) is 6.55. The number of rotatable bonds is 5. The molecular formula is C32H23N3O5S. The van der Waals surface area contributed by atoms with E-state index in [1.54, 1.807) is 42.0 Å². The van der Waals surface area contributed by atoms with Crippen LogP contribution in [0.4, 0.5) is 5.69 Å². The van der Waals surface area contributed by atoms with E-state index in [1.807, 2.05) is 30.3 Å². The number of hydrogen-bond acceptors (Lipinski definition) is 7. The highest BCUT2D eigenvalue weighted by Crippen LogP contribution is 2.41. The Labute approximate surface area is 238 Å². The summed E-state index contributed by atoms with van der Waals surface area (Å²) in [6.07, 6.45) is 3.44. The van der Waals surface area contributed by atoms with Gasteiger partial charge in [-0.15, -0.1) is 0 Å². The van der Waals surface area contributed by atoms with E-state index in [9.17, 15) is 14.9 Å². The van der Waals surface area contributed by atoms with Gasteiger partial charge in [-0.25, -0.2) is 4.99 Å². The number of nitro groups is 1. The molecule has 0 spiro atoms. The molecule has 9 heteroatoms. The summed E-state index contributed by atoms with van der Waals surface area (Å²) < 4.78 is 13.7. The van der Waals surface area contributed by atoms with Crippen molar-refractivity contribution in [3.05, 3.63) is 143 Å². The molecule has 0 bridgehead atoms. The molecule has 2 aliphatic rings. The lowest BCUT2D eigenvalue weighted by atomic mass is 9.83. The lowest BCUT2D eigenvalue weighted by Gasteiger charge is -2.30. The third-order valence-corrected chi connectivity index (χ3v) is 8.55.